The molecule has 3 aromatic carbocycles. The first-order valence-corrected chi connectivity index (χ1v) is 14.2. The summed E-state index contributed by atoms with van der Waals surface area (Å²) < 4.78 is 52.8. The van der Waals surface area contributed by atoms with Crippen molar-refractivity contribution < 1.29 is 17.2 Å². The van der Waals surface area contributed by atoms with E-state index in [1.165, 1.54) is 28.0 Å². The Bertz CT molecular complexity index is 1640. The number of nitrogens with two attached hydrogens (primary N) is 2. The third kappa shape index (κ3) is 5.98. The predicted molar refractivity (Wildman–Crippen MR) is 151 cm³/mol. The van der Waals surface area contributed by atoms with Gasteiger partial charge in [-0.25, -0.2) is 28.0 Å². The monoisotopic (exact) mass is 571 g/mol. The average molecular weight is 572 g/mol. The average Bonchev–Trinajstić information content (AvgIpc) is 3.30. The van der Waals surface area contributed by atoms with E-state index >= 15 is 0 Å². The molecule has 0 spiro atoms. The minimum absolute atomic E-state index is 0.168. The predicted octanol–water partition coefficient (Wildman–Crippen LogP) is 6.13. The Kier molecular flexibility index (Phi) is 8.10. The molecule has 0 radical (unpaired) electrons. The van der Waals surface area contributed by atoms with Crippen molar-refractivity contribution in [3.8, 4) is 16.8 Å². The molecule has 4 aromatic rings. The Morgan fingerprint density at radius 1 is 1.08 bits per heavy atom. The SMILES string of the molecule is Cc1nc(C(F)F)cn1-c1ccc(-c2cccc(S(C)(=O)=O)c2)cc1N(N)/C(=C\N)C(C)c1ccc(Cl)cc1. The summed E-state index contributed by atoms with van der Waals surface area (Å²) in [6, 6.07) is 19.1. The number of rotatable bonds is 8. The molecular formula is C28H28ClF2N5O2S. The van der Waals surface area contributed by atoms with E-state index in [0.29, 0.717) is 39.0 Å². The van der Waals surface area contributed by atoms with Crippen molar-refractivity contribution in [2.75, 3.05) is 11.3 Å². The van der Waals surface area contributed by atoms with Crippen LogP contribution in [-0.4, -0.2) is 24.2 Å². The van der Waals surface area contributed by atoms with E-state index in [0.717, 1.165) is 11.8 Å². The maximum atomic E-state index is 13.5. The van der Waals surface area contributed by atoms with E-state index in [2.05, 4.69) is 4.98 Å². The fourth-order valence-electron chi connectivity index (χ4n) is 4.34. The van der Waals surface area contributed by atoms with Crippen LogP contribution < -0.4 is 16.6 Å². The van der Waals surface area contributed by atoms with E-state index in [9.17, 15) is 17.2 Å². The highest BCUT2D eigenvalue weighted by Crippen LogP contribution is 2.36. The number of anilines is 1. The van der Waals surface area contributed by atoms with Crippen molar-refractivity contribution in [2.45, 2.75) is 31.1 Å². The number of benzene rings is 3. The van der Waals surface area contributed by atoms with E-state index in [1.54, 1.807) is 55.5 Å². The van der Waals surface area contributed by atoms with Gasteiger partial charge in [0.2, 0.25) is 0 Å². The highest BCUT2D eigenvalue weighted by atomic mass is 35.5. The van der Waals surface area contributed by atoms with Crippen LogP contribution in [0.15, 0.2) is 89.7 Å². The summed E-state index contributed by atoms with van der Waals surface area (Å²) in [6.45, 7) is 3.55. The minimum Gasteiger partial charge on any atom is -0.403 e. The Hall–Kier alpha value is -3.73. The second-order valence-electron chi connectivity index (χ2n) is 9.12. The van der Waals surface area contributed by atoms with Gasteiger partial charge >= 0.3 is 0 Å². The molecule has 0 saturated heterocycles. The first-order chi connectivity index (χ1) is 18.4. The Morgan fingerprint density at radius 3 is 2.33 bits per heavy atom. The summed E-state index contributed by atoms with van der Waals surface area (Å²) in [5.41, 5.74) is 9.37. The molecule has 1 unspecified atom stereocenters. The van der Waals surface area contributed by atoms with Crippen LogP contribution in [0.3, 0.4) is 0 Å². The number of hydrogen-bond acceptors (Lipinski definition) is 6. The lowest BCUT2D eigenvalue weighted by Gasteiger charge is -2.29. The lowest BCUT2D eigenvalue weighted by molar-refractivity contribution is 0.146. The highest BCUT2D eigenvalue weighted by Gasteiger charge is 2.23. The van der Waals surface area contributed by atoms with Gasteiger partial charge in [0.25, 0.3) is 6.43 Å². The van der Waals surface area contributed by atoms with Gasteiger partial charge in [-0.05, 0) is 60.0 Å². The molecule has 0 amide bonds. The van der Waals surface area contributed by atoms with Crippen LogP contribution in [0.5, 0.6) is 0 Å². The van der Waals surface area contributed by atoms with Crippen molar-refractivity contribution in [3.05, 3.63) is 107 Å². The standard InChI is InChI=1S/C28H28ClF2N5O2S/c1-17(19-7-10-22(29)11-8-19)27(15-32)36(33)26-14-21(20-5-4-6-23(13-20)39(3,37)38)9-12-25(26)35-16-24(28(30)31)34-18(35)2/h4-17,28H,32-33H2,1-3H3/b27-15-. The zero-order chi connectivity index (χ0) is 28.5. The molecule has 0 aliphatic heterocycles. The van der Waals surface area contributed by atoms with Gasteiger partial charge < -0.3 is 10.3 Å². The smallest absolute Gasteiger partial charge is 0.281 e. The number of imidazole rings is 1. The number of hydrazine groups is 1. The van der Waals surface area contributed by atoms with Gasteiger partial charge in [-0.2, -0.15) is 0 Å². The van der Waals surface area contributed by atoms with Crippen molar-refractivity contribution in [2.24, 2.45) is 11.6 Å². The molecule has 39 heavy (non-hydrogen) atoms. The molecule has 0 aliphatic carbocycles. The zero-order valence-corrected chi connectivity index (χ0v) is 23.1. The van der Waals surface area contributed by atoms with Crippen molar-refractivity contribution in [1.29, 1.82) is 0 Å². The molecular weight excluding hydrogens is 544 g/mol. The molecule has 0 saturated carbocycles. The summed E-state index contributed by atoms with van der Waals surface area (Å²) in [7, 11) is -3.44. The molecule has 204 valence electrons. The second-order valence-corrected chi connectivity index (χ2v) is 11.6. The van der Waals surface area contributed by atoms with Crippen LogP contribution in [0.1, 0.15) is 36.3 Å². The fraction of sp³-hybridized carbons (Fsp3) is 0.179. The minimum atomic E-state index is -3.44. The molecule has 1 aromatic heterocycles. The van der Waals surface area contributed by atoms with Crippen LogP contribution in [0, 0.1) is 6.92 Å². The van der Waals surface area contributed by atoms with E-state index in [4.69, 9.17) is 23.2 Å². The quantitative estimate of drug-likeness (QED) is 0.195. The van der Waals surface area contributed by atoms with Crippen molar-refractivity contribution in [3.63, 3.8) is 0 Å². The van der Waals surface area contributed by atoms with Crippen LogP contribution in [0.4, 0.5) is 14.5 Å². The maximum Gasteiger partial charge on any atom is 0.281 e. The molecule has 0 fully saturated rings. The molecule has 4 rings (SSSR count). The number of allylic oxidation sites excluding steroid dienone is 1. The largest absolute Gasteiger partial charge is 0.403 e. The molecule has 11 heteroatoms. The molecule has 4 N–H and O–H groups in total. The summed E-state index contributed by atoms with van der Waals surface area (Å²) in [5.74, 6) is 6.78. The first-order valence-electron chi connectivity index (χ1n) is 11.9. The summed E-state index contributed by atoms with van der Waals surface area (Å²) in [6.07, 6.45) is 1.06. The lowest BCUT2D eigenvalue weighted by atomic mass is 9.97. The third-order valence-corrected chi connectivity index (χ3v) is 7.84. The van der Waals surface area contributed by atoms with E-state index in [-0.39, 0.29) is 16.5 Å². The third-order valence-electron chi connectivity index (χ3n) is 6.48. The fourth-order valence-corrected chi connectivity index (χ4v) is 5.14. The summed E-state index contributed by atoms with van der Waals surface area (Å²) in [5, 5.41) is 1.99. The number of hydrogen-bond donors (Lipinski definition) is 2. The van der Waals surface area contributed by atoms with Gasteiger partial charge in [-0.3, -0.25) is 5.01 Å². The topological polar surface area (TPSA) is 107 Å². The first kappa shape index (κ1) is 28.3. The van der Waals surface area contributed by atoms with Crippen molar-refractivity contribution >= 4 is 27.1 Å². The Morgan fingerprint density at radius 2 is 1.74 bits per heavy atom. The molecule has 0 aliphatic rings. The van der Waals surface area contributed by atoms with Gasteiger partial charge in [-0.1, -0.05) is 48.9 Å². The maximum absolute atomic E-state index is 13.5. The van der Waals surface area contributed by atoms with Gasteiger partial charge in [-0.15, -0.1) is 0 Å². The van der Waals surface area contributed by atoms with Crippen LogP contribution in [0.2, 0.25) is 5.02 Å². The second kappa shape index (κ2) is 11.2. The molecule has 0 bridgehead atoms. The van der Waals surface area contributed by atoms with E-state index in [1.807, 2.05) is 19.1 Å². The van der Waals surface area contributed by atoms with Crippen LogP contribution >= 0.6 is 11.6 Å². The van der Waals surface area contributed by atoms with Gasteiger partial charge in [0, 0.05) is 29.6 Å². The number of aryl methyl sites for hydroxylation is 1. The molecule has 7 nitrogen and oxygen atoms in total. The zero-order valence-electron chi connectivity index (χ0n) is 21.5. The Labute approximate surface area is 231 Å². The van der Waals surface area contributed by atoms with Gasteiger partial charge in [0.1, 0.15) is 11.5 Å². The van der Waals surface area contributed by atoms with Gasteiger partial charge in [0.15, 0.2) is 9.84 Å². The van der Waals surface area contributed by atoms with Crippen molar-refractivity contribution in [1.82, 2.24) is 9.55 Å². The highest BCUT2D eigenvalue weighted by molar-refractivity contribution is 7.90. The normalized spacial score (nSPS) is 13.1. The van der Waals surface area contributed by atoms with Crippen LogP contribution in [-0.2, 0) is 9.84 Å². The Balaban J connectivity index is 1.88. The number of nitrogens with zero attached hydrogens (tertiary/aromatic N) is 3. The number of halogens is 3. The number of sulfone groups is 1. The summed E-state index contributed by atoms with van der Waals surface area (Å²) >= 11 is 6.06. The van der Waals surface area contributed by atoms with Gasteiger partial charge in [0.05, 0.1) is 22.0 Å². The number of aromatic nitrogens is 2. The van der Waals surface area contributed by atoms with Crippen LogP contribution in [0.25, 0.3) is 16.8 Å². The summed E-state index contributed by atoms with van der Waals surface area (Å²) in [4.78, 5) is 4.17. The van der Waals surface area contributed by atoms with E-state index < -0.39 is 16.3 Å². The number of alkyl halides is 2. The lowest BCUT2D eigenvalue weighted by Crippen LogP contribution is -2.34. The molecule has 1 atom stereocenters. The molecule has 1 heterocycles.